The lowest BCUT2D eigenvalue weighted by atomic mass is 9.85. The average Bonchev–Trinajstić information content (AvgIpc) is 2.34. The minimum Gasteiger partial charge on any atom is -0.312 e. The Morgan fingerprint density at radius 2 is 2.00 bits per heavy atom. The second kappa shape index (κ2) is 7.30. The van der Waals surface area contributed by atoms with Gasteiger partial charge in [0, 0.05) is 27.1 Å². The molecule has 17 heavy (non-hydrogen) atoms. The summed E-state index contributed by atoms with van der Waals surface area (Å²) in [5, 5.41) is 0. The van der Waals surface area contributed by atoms with E-state index in [1.807, 2.05) is 0 Å². The monoisotopic (exact) mass is 262 g/mol. The lowest BCUT2D eigenvalue weighted by Gasteiger charge is -2.20. The molecule has 0 saturated heterocycles. The molecule has 0 spiro atoms. The van der Waals surface area contributed by atoms with Crippen LogP contribution in [0.25, 0.3) is 0 Å². The fraction of sp³-hybridized carbons (Fsp3) is 0.917. The molecule has 100 valence electrons. The van der Waals surface area contributed by atoms with E-state index >= 15 is 0 Å². The van der Waals surface area contributed by atoms with Gasteiger partial charge in [-0.15, -0.1) is 0 Å². The molecule has 0 amide bonds. The van der Waals surface area contributed by atoms with Crippen LogP contribution < -0.4 is 0 Å². The molecule has 0 aromatic rings. The largest absolute Gasteiger partial charge is 0.330 e. The first-order chi connectivity index (χ1) is 8.09. The van der Waals surface area contributed by atoms with Gasteiger partial charge in [-0.25, -0.2) is 0 Å². The maximum absolute atomic E-state index is 11.8. The third kappa shape index (κ3) is 5.33. The molecule has 0 N–H and O–H groups in total. The minimum atomic E-state index is -2.83. The van der Waals surface area contributed by atoms with E-state index in [1.165, 1.54) is 14.2 Å². The van der Waals surface area contributed by atoms with Crippen LogP contribution in [0.1, 0.15) is 44.9 Å². The van der Waals surface area contributed by atoms with Crippen LogP contribution in [0.5, 0.6) is 0 Å². The first-order valence-electron chi connectivity index (χ1n) is 6.32. The van der Waals surface area contributed by atoms with E-state index in [4.69, 9.17) is 9.05 Å². The molecular weight excluding hydrogens is 239 g/mol. The van der Waals surface area contributed by atoms with Crippen molar-refractivity contribution < 1.29 is 18.4 Å². The zero-order valence-corrected chi connectivity index (χ0v) is 11.7. The fourth-order valence-electron chi connectivity index (χ4n) is 2.36. The topological polar surface area (TPSA) is 52.6 Å². The molecule has 0 radical (unpaired) electrons. The van der Waals surface area contributed by atoms with Gasteiger partial charge in [0.25, 0.3) is 0 Å². The minimum absolute atomic E-state index is 0.403. The summed E-state index contributed by atoms with van der Waals surface area (Å²) in [6.07, 6.45) is 7.07. The van der Waals surface area contributed by atoms with Crippen molar-refractivity contribution in [3.63, 3.8) is 0 Å². The lowest BCUT2D eigenvalue weighted by Crippen LogP contribution is -2.14. The van der Waals surface area contributed by atoms with E-state index in [9.17, 15) is 9.36 Å². The smallest absolute Gasteiger partial charge is 0.312 e. The Morgan fingerprint density at radius 1 is 1.29 bits per heavy atom. The van der Waals surface area contributed by atoms with Crippen LogP contribution in [0.4, 0.5) is 0 Å². The van der Waals surface area contributed by atoms with Crippen molar-refractivity contribution >= 4 is 13.4 Å². The molecule has 4 nitrogen and oxygen atoms in total. The molecule has 1 saturated carbocycles. The molecule has 0 aliphatic heterocycles. The molecule has 0 aromatic carbocycles. The van der Waals surface area contributed by atoms with E-state index in [2.05, 4.69) is 0 Å². The predicted octanol–water partition coefficient (Wildman–Crippen LogP) is 3.40. The Bertz CT molecular complexity index is 282. The van der Waals surface area contributed by atoms with Crippen LogP contribution in [-0.2, 0) is 18.4 Å². The van der Waals surface area contributed by atoms with Gasteiger partial charge in [0.2, 0.25) is 0 Å². The van der Waals surface area contributed by atoms with Crippen molar-refractivity contribution in [2.24, 2.45) is 5.92 Å². The summed E-state index contributed by atoms with van der Waals surface area (Å²) >= 11 is 0. The summed E-state index contributed by atoms with van der Waals surface area (Å²) in [4.78, 5) is 11.3. The van der Waals surface area contributed by atoms with E-state index in [-0.39, 0.29) is 0 Å². The molecule has 0 aromatic heterocycles. The summed E-state index contributed by atoms with van der Waals surface area (Å²) in [6.45, 7) is 0. The number of rotatable bonds is 7. The van der Waals surface area contributed by atoms with Crippen LogP contribution in [0.2, 0.25) is 0 Å². The Hall–Kier alpha value is -0.180. The Balaban J connectivity index is 2.15. The van der Waals surface area contributed by atoms with Gasteiger partial charge in [0.15, 0.2) is 0 Å². The van der Waals surface area contributed by atoms with Crippen molar-refractivity contribution in [3.8, 4) is 0 Å². The standard InChI is InChI=1S/C12H23O4P/c1-15-17(14,16-2)9-4-3-6-11-7-5-8-12(13)10-11/h11H,3-10H2,1-2H3. The molecule has 1 aliphatic rings. The number of carbonyl (C=O) groups excluding carboxylic acids is 1. The summed E-state index contributed by atoms with van der Waals surface area (Å²) in [5.74, 6) is 0.946. The first-order valence-corrected chi connectivity index (χ1v) is 8.04. The van der Waals surface area contributed by atoms with E-state index < -0.39 is 7.60 Å². The summed E-state index contributed by atoms with van der Waals surface area (Å²) in [7, 11) is 0.0114. The molecule has 1 atom stereocenters. The molecule has 1 aliphatic carbocycles. The van der Waals surface area contributed by atoms with Crippen molar-refractivity contribution in [3.05, 3.63) is 0 Å². The maximum Gasteiger partial charge on any atom is 0.330 e. The highest BCUT2D eigenvalue weighted by molar-refractivity contribution is 7.53. The Morgan fingerprint density at radius 3 is 2.59 bits per heavy atom. The van der Waals surface area contributed by atoms with Crippen LogP contribution in [0.3, 0.4) is 0 Å². The van der Waals surface area contributed by atoms with Gasteiger partial charge in [0.05, 0.1) is 6.16 Å². The van der Waals surface area contributed by atoms with Crippen molar-refractivity contribution in [1.29, 1.82) is 0 Å². The molecular formula is C12H23O4P. The summed E-state index contributed by atoms with van der Waals surface area (Å²) in [5.41, 5.74) is 0. The first kappa shape index (κ1) is 14.9. The molecule has 0 bridgehead atoms. The number of hydrogen-bond donors (Lipinski definition) is 0. The molecule has 1 rings (SSSR count). The number of Topliss-reactive ketones (excluding diaryl/α,β-unsaturated/α-hetero) is 1. The lowest BCUT2D eigenvalue weighted by molar-refractivity contribution is -0.121. The summed E-state index contributed by atoms with van der Waals surface area (Å²) in [6, 6.07) is 0. The van der Waals surface area contributed by atoms with Gasteiger partial charge in [-0.2, -0.15) is 0 Å². The third-order valence-electron chi connectivity index (χ3n) is 3.44. The van der Waals surface area contributed by atoms with Crippen molar-refractivity contribution in [2.45, 2.75) is 44.9 Å². The van der Waals surface area contributed by atoms with Gasteiger partial charge in [-0.05, 0) is 25.2 Å². The summed E-state index contributed by atoms with van der Waals surface area (Å²) < 4.78 is 21.5. The van der Waals surface area contributed by atoms with Crippen LogP contribution in [0.15, 0.2) is 0 Å². The van der Waals surface area contributed by atoms with Gasteiger partial charge >= 0.3 is 7.60 Å². The highest BCUT2D eigenvalue weighted by Gasteiger charge is 2.22. The predicted molar refractivity (Wildman–Crippen MR) is 67.3 cm³/mol. The highest BCUT2D eigenvalue weighted by Crippen LogP contribution is 2.47. The molecule has 1 unspecified atom stereocenters. The van der Waals surface area contributed by atoms with Crippen LogP contribution in [0, 0.1) is 5.92 Å². The van der Waals surface area contributed by atoms with Gasteiger partial charge < -0.3 is 9.05 Å². The Labute approximate surface area is 104 Å². The van der Waals surface area contributed by atoms with Gasteiger partial charge in [-0.1, -0.05) is 12.8 Å². The van der Waals surface area contributed by atoms with Crippen molar-refractivity contribution in [1.82, 2.24) is 0 Å². The van der Waals surface area contributed by atoms with Crippen LogP contribution >= 0.6 is 7.60 Å². The van der Waals surface area contributed by atoms with E-state index in [1.54, 1.807) is 0 Å². The number of hydrogen-bond acceptors (Lipinski definition) is 4. The second-order valence-electron chi connectivity index (χ2n) is 4.70. The van der Waals surface area contributed by atoms with Crippen molar-refractivity contribution in [2.75, 3.05) is 20.4 Å². The zero-order chi connectivity index (χ0) is 12.7. The fourth-order valence-corrected chi connectivity index (χ4v) is 3.48. The average molecular weight is 262 g/mol. The highest BCUT2D eigenvalue weighted by atomic mass is 31.2. The normalized spacial score (nSPS) is 21.8. The van der Waals surface area contributed by atoms with E-state index in [0.717, 1.165) is 44.9 Å². The van der Waals surface area contributed by atoms with Gasteiger partial charge in [0.1, 0.15) is 5.78 Å². The zero-order valence-electron chi connectivity index (χ0n) is 10.8. The number of unbranched alkanes of at least 4 members (excludes halogenated alkanes) is 1. The quantitative estimate of drug-likeness (QED) is 0.521. The van der Waals surface area contributed by atoms with Gasteiger partial charge in [-0.3, -0.25) is 9.36 Å². The molecule has 1 fully saturated rings. The molecule has 5 heteroatoms. The Kier molecular flexibility index (Phi) is 6.39. The molecule has 0 heterocycles. The SMILES string of the molecule is COP(=O)(CCCCC1CCCC(=O)C1)OC. The number of carbonyl (C=O) groups is 1. The van der Waals surface area contributed by atoms with E-state index in [0.29, 0.717) is 17.9 Å². The maximum atomic E-state index is 11.8. The van der Waals surface area contributed by atoms with Crippen LogP contribution in [-0.4, -0.2) is 26.2 Å². The number of ketones is 1. The third-order valence-corrected chi connectivity index (χ3v) is 5.41. The second-order valence-corrected chi connectivity index (χ2v) is 7.10.